The van der Waals surface area contributed by atoms with Gasteiger partial charge in [-0.3, -0.25) is 15.1 Å². The number of carbonyl (C=O) groups is 1. The van der Waals surface area contributed by atoms with E-state index in [0.29, 0.717) is 5.69 Å². The predicted octanol–water partition coefficient (Wildman–Crippen LogP) is 2.03. The molecule has 128 valence electrons. The van der Waals surface area contributed by atoms with Crippen LogP contribution >= 0.6 is 23.2 Å². The topological polar surface area (TPSA) is 88.2 Å². The minimum Gasteiger partial charge on any atom is -0.349 e. The molecule has 2 N–H and O–H groups in total. The summed E-state index contributed by atoms with van der Waals surface area (Å²) in [5.41, 5.74) is 0.712. The van der Waals surface area contributed by atoms with Gasteiger partial charge < -0.3 is 5.32 Å². The maximum Gasteiger partial charge on any atom is 0.234 e. The summed E-state index contributed by atoms with van der Waals surface area (Å²) >= 11 is 11.7. The number of hydrogen-bond donors (Lipinski definition) is 2. The van der Waals surface area contributed by atoms with Crippen LogP contribution in [0.15, 0.2) is 47.5 Å². The summed E-state index contributed by atoms with van der Waals surface area (Å²) in [4.78, 5) is 15.7. The van der Waals surface area contributed by atoms with Crippen molar-refractivity contribution in [2.24, 2.45) is 0 Å². The van der Waals surface area contributed by atoms with Crippen LogP contribution in [0.25, 0.3) is 0 Å². The molecule has 0 spiro atoms. The first-order valence-electron chi connectivity index (χ1n) is 6.93. The Balaban J connectivity index is 1.84. The van der Waals surface area contributed by atoms with Crippen molar-refractivity contribution in [1.29, 1.82) is 0 Å². The van der Waals surface area contributed by atoms with Gasteiger partial charge in [-0.1, -0.05) is 29.3 Å². The molecule has 0 radical (unpaired) electrons. The Morgan fingerprint density at radius 3 is 2.67 bits per heavy atom. The van der Waals surface area contributed by atoms with Gasteiger partial charge >= 0.3 is 0 Å². The highest BCUT2D eigenvalue weighted by atomic mass is 35.5. The molecular weight excluding hydrogens is 373 g/mol. The highest BCUT2D eigenvalue weighted by Crippen LogP contribution is 2.25. The number of carbonyl (C=O) groups excluding carboxylic acids is 1. The van der Waals surface area contributed by atoms with Gasteiger partial charge in [0.25, 0.3) is 0 Å². The van der Waals surface area contributed by atoms with Crippen LogP contribution in [0.2, 0.25) is 10.0 Å². The van der Waals surface area contributed by atoms with E-state index >= 15 is 0 Å². The fourth-order valence-electron chi connectivity index (χ4n) is 1.85. The van der Waals surface area contributed by atoms with Crippen LogP contribution in [-0.2, 0) is 21.2 Å². The molecule has 9 heteroatoms. The van der Waals surface area contributed by atoms with Gasteiger partial charge in [-0.2, -0.15) is 0 Å². The van der Waals surface area contributed by atoms with Gasteiger partial charge in [0, 0.05) is 11.2 Å². The van der Waals surface area contributed by atoms with Crippen LogP contribution in [0.5, 0.6) is 0 Å². The summed E-state index contributed by atoms with van der Waals surface area (Å²) in [5.74, 6) is -0.766. The summed E-state index contributed by atoms with van der Waals surface area (Å²) in [6.45, 7) is 0.123. The number of sulfone groups is 1. The van der Waals surface area contributed by atoms with Gasteiger partial charge in [-0.15, -0.1) is 0 Å². The molecule has 1 amide bonds. The number of pyridine rings is 1. The number of hydrogen-bond acceptors (Lipinski definition) is 5. The fourth-order valence-corrected chi connectivity index (χ4v) is 3.75. The van der Waals surface area contributed by atoms with Gasteiger partial charge in [-0.25, -0.2) is 8.42 Å². The lowest BCUT2D eigenvalue weighted by atomic mass is 10.3. The Bertz CT molecular complexity index is 814. The largest absolute Gasteiger partial charge is 0.349 e. The maximum atomic E-state index is 12.2. The number of halogens is 2. The lowest BCUT2D eigenvalue weighted by Gasteiger charge is -2.09. The van der Waals surface area contributed by atoms with E-state index in [0.717, 1.165) is 0 Å². The third-order valence-corrected chi connectivity index (χ3v) is 5.27. The van der Waals surface area contributed by atoms with Crippen molar-refractivity contribution in [1.82, 2.24) is 15.6 Å². The van der Waals surface area contributed by atoms with E-state index in [-0.39, 0.29) is 33.9 Å². The molecule has 0 saturated carbocycles. The molecular formula is C15H15Cl2N3O3S. The van der Waals surface area contributed by atoms with Crippen LogP contribution in [-0.4, -0.2) is 31.7 Å². The molecule has 2 aromatic rings. The van der Waals surface area contributed by atoms with Crippen molar-refractivity contribution in [3.05, 3.63) is 58.3 Å². The second-order valence-electron chi connectivity index (χ2n) is 4.86. The third-order valence-electron chi connectivity index (χ3n) is 3.00. The number of benzene rings is 1. The summed E-state index contributed by atoms with van der Waals surface area (Å²) < 4.78 is 24.4. The van der Waals surface area contributed by atoms with Gasteiger partial charge in [0.05, 0.1) is 28.7 Å². The molecule has 6 nitrogen and oxygen atoms in total. The van der Waals surface area contributed by atoms with E-state index in [1.807, 2.05) is 6.07 Å². The summed E-state index contributed by atoms with van der Waals surface area (Å²) in [7, 11) is -3.70. The molecule has 0 aliphatic heterocycles. The van der Waals surface area contributed by atoms with Crippen LogP contribution in [0, 0.1) is 0 Å². The van der Waals surface area contributed by atoms with Gasteiger partial charge in [0.2, 0.25) is 5.91 Å². The molecule has 1 heterocycles. The van der Waals surface area contributed by atoms with E-state index in [2.05, 4.69) is 15.6 Å². The Kier molecular flexibility index (Phi) is 6.56. The minimum absolute atomic E-state index is 0.0712. The molecule has 0 fully saturated rings. The van der Waals surface area contributed by atoms with E-state index in [4.69, 9.17) is 23.2 Å². The number of nitrogens with zero attached hydrogens (tertiary/aromatic N) is 1. The van der Waals surface area contributed by atoms with Crippen LogP contribution in [0.1, 0.15) is 5.69 Å². The van der Waals surface area contributed by atoms with E-state index in [9.17, 15) is 13.2 Å². The Morgan fingerprint density at radius 2 is 1.96 bits per heavy atom. The van der Waals surface area contributed by atoms with Crippen molar-refractivity contribution < 1.29 is 13.2 Å². The van der Waals surface area contributed by atoms with Crippen molar-refractivity contribution in [2.75, 3.05) is 12.4 Å². The quantitative estimate of drug-likeness (QED) is 0.758. The van der Waals surface area contributed by atoms with Crippen LogP contribution in [0.4, 0.5) is 0 Å². The molecule has 1 aromatic heterocycles. The first-order chi connectivity index (χ1) is 11.4. The first kappa shape index (κ1) is 18.7. The number of aromatic nitrogens is 1. The lowest BCUT2D eigenvalue weighted by molar-refractivity contribution is -0.120. The predicted molar refractivity (Wildman–Crippen MR) is 92.6 cm³/mol. The molecule has 0 unspecified atom stereocenters. The Morgan fingerprint density at radius 1 is 1.17 bits per heavy atom. The Hall–Kier alpha value is -1.67. The summed E-state index contributed by atoms with van der Waals surface area (Å²) in [5, 5.41) is 5.58. The van der Waals surface area contributed by atoms with Crippen molar-refractivity contribution in [3.8, 4) is 0 Å². The molecule has 0 aliphatic rings. The summed E-state index contributed by atoms with van der Waals surface area (Å²) in [6.07, 6.45) is 1.63. The van der Waals surface area contributed by atoms with Crippen LogP contribution < -0.4 is 10.6 Å². The highest BCUT2D eigenvalue weighted by Gasteiger charge is 2.18. The molecule has 2 rings (SSSR count). The first-order valence-corrected chi connectivity index (χ1v) is 9.34. The maximum absolute atomic E-state index is 12.2. The van der Waals surface area contributed by atoms with E-state index in [1.165, 1.54) is 18.2 Å². The van der Waals surface area contributed by atoms with Crippen molar-refractivity contribution in [2.45, 2.75) is 11.4 Å². The number of rotatable bonds is 7. The average Bonchev–Trinajstić information content (AvgIpc) is 2.56. The standard InChI is InChI=1S/C15H15Cl2N3O3S/c16-11-4-5-13(17)14(7-11)24(22,23)10-18-9-15(21)20-8-12-3-1-2-6-19-12/h1-7,18H,8-10H2,(H,20,21). The molecule has 0 atom stereocenters. The van der Waals surface area contributed by atoms with Crippen LogP contribution in [0.3, 0.4) is 0 Å². The summed E-state index contributed by atoms with van der Waals surface area (Å²) in [6, 6.07) is 9.56. The van der Waals surface area contributed by atoms with Gasteiger partial charge in [-0.05, 0) is 30.3 Å². The van der Waals surface area contributed by atoms with Crippen molar-refractivity contribution >= 4 is 38.9 Å². The second kappa shape index (κ2) is 8.43. The highest BCUT2D eigenvalue weighted by molar-refractivity contribution is 7.91. The zero-order valence-electron chi connectivity index (χ0n) is 12.5. The normalized spacial score (nSPS) is 11.2. The second-order valence-corrected chi connectivity index (χ2v) is 7.66. The van der Waals surface area contributed by atoms with Crippen molar-refractivity contribution in [3.63, 3.8) is 0 Å². The smallest absolute Gasteiger partial charge is 0.234 e. The Labute approximate surface area is 150 Å². The lowest BCUT2D eigenvalue weighted by Crippen LogP contribution is -2.36. The average molecular weight is 388 g/mol. The molecule has 24 heavy (non-hydrogen) atoms. The van der Waals surface area contributed by atoms with E-state index < -0.39 is 15.7 Å². The molecule has 0 bridgehead atoms. The molecule has 0 saturated heterocycles. The fraction of sp³-hybridized carbons (Fsp3) is 0.200. The zero-order valence-corrected chi connectivity index (χ0v) is 14.8. The third kappa shape index (κ3) is 5.45. The SMILES string of the molecule is O=C(CNCS(=O)(=O)c1cc(Cl)ccc1Cl)NCc1ccccn1. The monoisotopic (exact) mass is 387 g/mol. The minimum atomic E-state index is -3.70. The number of amides is 1. The van der Waals surface area contributed by atoms with Gasteiger partial charge in [0.1, 0.15) is 5.88 Å². The number of nitrogens with one attached hydrogen (secondary N) is 2. The zero-order chi connectivity index (χ0) is 17.6. The van der Waals surface area contributed by atoms with E-state index in [1.54, 1.807) is 18.3 Å². The molecule has 1 aromatic carbocycles. The molecule has 0 aliphatic carbocycles. The van der Waals surface area contributed by atoms with Gasteiger partial charge in [0.15, 0.2) is 9.84 Å².